The predicted octanol–water partition coefficient (Wildman–Crippen LogP) is 5.24. The second kappa shape index (κ2) is 7.32. The molecule has 0 saturated heterocycles. The van der Waals surface area contributed by atoms with Crippen molar-refractivity contribution in [2.75, 3.05) is 0 Å². The normalized spacial score (nSPS) is 11.3. The molecule has 0 aliphatic heterocycles. The first kappa shape index (κ1) is 18.8. The molecule has 0 amide bonds. The number of hydrogen-bond donors (Lipinski definition) is 0. The summed E-state index contributed by atoms with van der Waals surface area (Å²) in [5, 5.41) is 10.8. The number of halogens is 3. The Morgan fingerprint density at radius 1 is 0.800 bits per heavy atom. The van der Waals surface area contributed by atoms with Crippen molar-refractivity contribution in [2.45, 2.75) is 38.4 Å². The molecule has 3 heterocycles. The zero-order valence-electron chi connectivity index (χ0n) is 14.4. The van der Waals surface area contributed by atoms with Crippen LogP contribution in [0.15, 0.2) is 16.6 Å². The van der Waals surface area contributed by atoms with E-state index in [9.17, 15) is 0 Å². The number of aromatic nitrogens is 5. The summed E-state index contributed by atoms with van der Waals surface area (Å²) in [5.74, 6) is 1.54. The van der Waals surface area contributed by atoms with Gasteiger partial charge in [-0.25, -0.2) is 14.3 Å². The Balaban J connectivity index is 2.17. The Morgan fingerprint density at radius 2 is 1.20 bits per heavy atom. The SMILES string of the molecule is Cc1c(CBr)nn(-c2cc(Br)cc(-n3nc(CBr)c(C)c3C)n2)c1C. The molecule has 0 aliphatic rings. The highest BCUT2D eigenvalue weighted by Gasteiger charge is 2.16. The first-order valence-corrected chi connectivity index (χ1v) is 10.8. The van der Waals surface area contributed by atoms with E-state index in [4.69, 9.17) is 4.98 Å². The molecule has 0 fully saturated rings. The quantitative estimate of drug-likeness (QED) is 0.433. The number of rotatable bonds is 4. The van der Waals surface area contributed by atoms with Crippen molar-refractivity contribution in [2.24, 2.45) is 0 Å². The monoisotopic (exact) mass is 529 g/mol. The summed E-state index contributed by atoms with van der Waals surface area (Å²) in [6, 6.07) is 3.94. The predicted molar refractivity (Wildman–Crippen MR) is 110 cm³/mol. The van der Waals surface area contributed by atoms with Crippen molar-refractivity contribution >= 4 is 47.8 Å². The highest BCUT2D eigenvalue weighted by atomic mass is 79.9. The maximum Gasteiger partial charge on any atom is 0.157 e. The number of alkyl halides is 2. The van der Waals surface area contributed by atoms with Gasteiger partial charge in [0.25, 0.3) is 0 Å². The van der Waals surface area contributed by atoms with E-state index in [0.717, 1.165) is 49.5 Å². The molecule has 0 aromatic carbocycles. The van der Waals surface area contributed by atoms with Gasteiger partial charge in [0.15, 0.2) is 11.6 Å². The minimum absolute atomic E-state index is 0.722. The molecule has 0 N–H and O–H groups in total. The van der Waals surface area contributed by atoms with Crippen LogP contribution >= 0.6 is 47.8 Å². The number of nitrogens with zero attached hydrogens (tertiary/aromatic N) is 5. The number of pyridine rings is 1. The molecule has 0 unspecified atom stereocenters. The molecule has 3 aromatic rings. The van der Waals surface area contributed by atoms with E-state index in [2.05, 4.69) is 85.7 Å². The Labute approximate surface area is 172 Å². The van der Waals surface area contributed by atoms with Gasteiger partial charge in [0, 0.05) is 26.5 Å². The Bertz CT molecular complexity index is 870. The molecule has 0 radical (unpaired) electrons. The Kier molecular flexibility index (Phi) is 5.51. The molecular formula is C17H18Br3N5. The van der Waals surface area contributed by atoms with Crippen molar-refractivity contribution in [3.8, 4) is 11.6 Å². The summed E-state index contributed by atoms with van der Waals surface area (Å²) < 4.78 is 4.71. The highest BCUT2D eigenvalue weighted by molar-refractivity contribution is 9.10. The maximum atomic E-state index is 4.81. The summed E-state index contributed by atoms with van der Waals surface area (Å²) in [4.78, 5) is 4.81. The highest BCUT2D eigenvalue weighted by Crippen LogP contribution is 2.24. The fourth-order valence-corrected chi connectivity index (χ4v) is 4.14. The molecule has 8 heteroatoms. The fourth-order valence-electron chi connectivity index (χ4n) is 2.66. The minimum atomic E-state index is 0.722. The van der Waals surface area contributed by atoms with Crippen LogP contribution in [0.25, 0.3) is 11.6 Å². The van der Waals surface area contributed by atoms with Gasteiger partial charge < -0.3 is 0 Å². The van der Waals surface area contributed by atoms with Crippen molar-refractivity contribution < 1.29 is 0 Å². The zero-order valence-corrected chi connectivity index (χ0v) is 19.2. The van der Waals surface area contributed by atoms with Gasteiger partial charge in [0.1, 0.15) is 0 Å². The molecule has 0 aliphatic carbocycles. The lowest BCUT2D eigenvalue weighted by Crippen LogP contribution is -2.08. The molecule has 0 spiro atoms. The lowest BCUT2D eigenvalue weighted by atomic mass is 10.2. The van der Waals surface area contributed by atoms with E-state index in [1.165, 1.54) is 11.1 Å². The second-order valence-electron chi connectivity index (χ2n) is 5.91. The molecule has 25 heavy (non-hydrogen) atoms. The van der Waals surface area contributed by atoms with Gasteiger partial charge in [-0.1, -0.05) is 47.8 Å². The van der Waals surface area contributed by atoms with E-state index < -0.39 is 0 Å². The van der Waals surface area contributed by atoms with Crippen molar-refractivity contribution in [1.29, 1.82) is 0 Å². The molecule has 0 saturated carbocycles. The minimum Gasteiger partial charge on any atom is -0.219 e. The smallest absolute Gasteiger partial charge is 0.157 e. The third-order valence-electron chi connectivity index (χ3n) is 4.48. The average molecular weight is 532 g/mol. The standard InChI is InChI=1S/C17H18Br3N5/c1-9-11(3)24(22-14(9)7-18)16-5-13(20)6-17(21-16)25-12(4)10(2)15(8-19)23-25/h5-6H,7-8H2,1-4H3. The van der Waals surface area contributed by atoms with E-state index in [1.807, 2.05) is 21.5 Å². The van der Waals surface area contributed by atoms with Crippen LogP contribution in [-0.2, 0) is 10.7 Å². The van der Waals surface area contributed by atoms with Crippen LogP contribution in [0.4, 0.5) is 0 Å². The molecule has 0 atom stereocenters. The van der Waals surface area contributed by atoms with Crippen LogP contribution in [0.3, 0.4) is 0 Å². The van der Waals surface area contributed by atoms with E-state index in [-0.39, 0.29) is 0 Å². The molecule has 5 nitrogen and oxygen atoms in total. The topological polar surface area (TPSA) is 48.5 Å². The largest absolute Gasteiger partial charge is 0.219 e. The van der Waals surface area contributed by atoms with Crippen LogP contribution in [0.5, 0.6) is 0 Å². The van der Waals surface area contributed by atoms with E-state index in [1.54, 1.807) is 0 Å². The van der Waals surface area contributed by atoms with Crippen LogP contribution in [0.1, 0.15) is 33.9 Å². The third-order valence-corrected chi connectivity index (χ3v) is 6.00. The van der Waals surface area contributed by atoms with Gasteiger partial charge in [0.2, 0.25) is 0 Å². The van der Waals surface area contributed by atoms with Crippen molar-refractivity contribution in [1.82, 2.24) is 24.5 Å². The van der Waals surface area contributed by atoms with Gasteiger partial charge in [-0.15, -0.1) is 0 Å². The van der Waals surface area contributed by atoms with Crippen LogP contribution in [0, 0.1) is 27.7 Å². The van der Waals surface area contributed by atoms with Crippen molar-refractivity contribution in [3.63, 3.8) is 0 Å². The Hall–Kier alpha value is -0.990. The summed E-state index contributed by atoms with van der Waals surface area (Å²) in [6.07, 6.45) is 0. The molecule has 3 aromatic heterocycles. The van der Waals surface area contributed by atoms with E-state index >= 15 is 0 Å². The van der Waals surface area contributed by atoms with Crippen LogP contribution < -0.4 is 0 Å². The third kappa shape index (κ3) is 3.36. The summed E-state index contributed by atoms with van der Waals surface area (Å²) in [7, 11) is 0. The van der Waals surface area contributed by atoms with E-state index in [0.29, 0.717) is 0 Å². The lowest BCUT2D eigenvalue weighted by Gasteiger charge is -2.09. The zero-order chi connectivity index (χ0) is 18.3. The van der Waals surface area contributed by atoms with Crippen LogP contribution in [0.2, 0.25) is 0 Å². The van der Waals surface area contributed by atoms with Crippen molar-refractivity contribution in [3.05, 3.63) is 50.5 Å². The Morgan fingerprint density at radius 3 is 1.52 bits per heavy atom. The van der Waals surface area contributed by atoms with Crippen LogP contribution in [-0.4, -0.2) is 24.5 Å². The van der Waals surface area contributed by atoms with Gasteiger partial charge in [-0.3, -0.25) is 0 Å². The second-order valence-corrected chi connectivity index (χ2v) is 7.94. The summed E-state index contributed by atoms with van der Waals surface area (Å²) in [5.41, 5.74) is 6.56. The van der Waals surface area contributed by atoms with Gasteiger partial charge >= 0.3 is 0 Å². The molecule has 0 bridgehead atoms. The fraction of sp³-hybridized carbons (Fsp3) is 0.353. The van der Waals surface area contributed by atoms with Gasteiger partial charge in [-0.05, 0) is 51.0 Å². The molecule has 132 valence electrons. The average Bonchev–Trinajstić information content (AvgIpc) is 3.05. The molecule has 3 rings (SSSR count). The first-order valence-electron chi connectivity index (χ1n) is 7.77. The van der Waals surface area contributed by atoms with Gasteiger partial charge in [-0.2, -0.15) is 10.2 Å². The first-order chi connectivity index (χ1) is 11.9. The maximum absolute atomic E-state index is 4.81. The molecular weight excluding hydrogens is 514 g/mol. The summed E-state index contributed by atoms with van der Waals surface area (Å²) >= 11 is 10.6. The summed E-state index contributed by atoms with van der Waals surface area (Å²) in [6.45, 7) is 8.28. The lowest BCUT2D eigenvalue weighted by molar-refractivity contribution is 0.765. The van der Waals surface area contributed by atoms with Gasteiger partial charge in [0.05, 0.1) is 11.4 Å². The number of hydrogen-bond acceptors (Lipinski definition) is 3.